The quantitative estimate of drug-likeness (QED) is 0.314. The van der Waals surface area contributed by atoms with Gasteiger partial charge in [-0.2, -0.15) is 0 Å². The van der Waals surface area contributed by atoms with Gasteiger partial charge >= 0.3 is 11.6 Å². The molecule has 2 N–H and O–H groups in total. The van der Waals surface area contributed by atoms with Gasteiger partial charge in [-0.25, -0.2) is 14.0 Å². The Hall–Kier alpha value is -5.20. The molecule has 0 bridgehead atoms. The lowest BCUT2D eigenvalue weighted by atomic mass is 10.1. The summed E-state index contributed by atoms with van der Waals surface area (Å²) in [7, 11) is 1.48. The van der Waals surface area contributed by atoms with E-state index >= 15 is 4.39 Å². The highest BCUT2D eigenvalue weighted by atomic mass is 19.1. The smallest absolute Gasteiger partial charge is 0.349 e. The number of carbonyl (C=O) groups is 3. The zero-order chi connectivity index (χ0) is 30.1. The Balaban J connectivity index is 1.25. The maximum Gasteiger partial charge on any atom is 0.349 e. The monoisotopic (exact) mass is 578 g/mol. The van der Waals surface area contributed by atoms with Crippen molar-refractivity contribution >= 4 is 45.3 Å². The zero-order valence-corrected chi connectivity index (χ0v) is 22.8. The third-order valence-corrected chi connectivity index (χ3v) is 7.28. The van der Waals surface area contributed by atoms with Crippen LogP contribution in [0.3, 0.4) is 0 Å². The van der Waals surface area contributed by atoms with Gasteiger partial charge in [0.2, 0.25) is 11.3 Å². The number of carboxylic acid groups (broad SMARTS) is 1. The Morgan fingerprint density at radius 1 is 1.05 bits per heavy atom. The van der Waals surface area contributed by atoms with E-state index in [0.717, 1.165) is 6.07 Å². The van der Waals surface area contributed by atoms with E-state index in [1.54, 1.807) is 28.5 Å². The van der Waals surface area contributed by atoms with E-state index in [9.17, 15) is 29.1 Å². The molecule has 5 rings (SSSR count). The molecule has 0 unspecified atom stereocenters. The number of benzene rings is 2. The first-order valence-electron chi connectivity index (χ1n) is 13.1. The average Bonchev–Trinajstić information content (AvgIpc) is 2.99. The Bertz CT molecular complexity index is 1860. The van der Waals surface area contributed by atoms with Crippen LogP contribution in [-0.4, -0.2) is 72.2 Å². The van der Waals surface area contributed by atoms with E-state index in [4.69, 9.17) is 9.15 Å². The topological polar surface area (TPSA) is 151 Å². The number of carboxylic acids is 1. The summed E-state index contributed by atoms with van der Waals surface area (Å²) in [6.45, 7) is 2.85. The molecule has 218 valence electrons. The number of pyridine rings is 1. The number of anilines is 1. The van der Waals surface area contributed by atoms with Crippen molar-refractivity contribution in [3.05, 3.63) is 80.2 Å². The number of nitrogens with zero attached hydrogens (tertiary/aromatic N) is 3. The van der Waals surface area contributed by atoms with Crippen molar-refractivity contribution in [3.63, 3.8) is 0 Å². The predicted molar refractivity (Wildman–Crippen MR) is 151 cm³/mol. The second-order valence-corrected chi connectivity index (χ2v) is 9.69. The zero-order valence-electron chi connectivity index (χ0n) is 22.8. The van der Waals surface area contributed by atoms with Gasteiger partial charge in [-0.3, -0.25) is 14.4 Å². The fourth-order valence-electron chi connectivity index (χ4n) is 4.99. The Morgan fingerprint density at radius 3 is 2.45 bits per heavy atom. The third-order valence-electron chi connectivity index (χ3n) is 7.28. The second-order valence-electron chi connectivity index (χ2n) is 9.69. The number of carbonyl (C=O) groups excluding carboxylic acids is 2. The van der Waals surface area contributed by atoms with Crippen LogP contribution in [0.5, 0.6) is 5.75 Å². The van der Waals surface area contributed by atoms with Gasteiger partial charge < -0.3 is 33.9 Å². The summed E-state index contributed by atoms with van der Waals surface area (Å²) in [4.78, 5) is 65.2. The number of hydrogen-bond donors (Lipinski definition) is 2. The van der Waals surface area contributed by atoms with Crippen LogP contribution >= 0.6 is 0 Å². The molecule has 4 aromatic rings. The second kappa shape index (κ2) is 11.4. The van der Waals surface area contributed by atoms with Gasteiger partial charge in [-0.05, 0) is 37.3 Å². The van der Waals surface area contributed by atoms with Gasteiger partial charge in [0.15, 0.2) is 0 Å². The van der Waals surface area contributed by atoms with Crippen LogP contribution in [0.1, 0.15) is 27.6 Å². The standard InChI is InChI=1S/C29H27FN4O8/c1-3-32-15-20(28(38)39)26(36)18-12-21(30)23(13-22(18)32)33-6-8-34(9-7-33)25(35)14-31-27(37)19-10-16-4-5-17(41-2)11-24(16)42-29(19)40/h4-5,10-13,15H,3,6-9,14H2,1-2H3,(H,31,37)(H,38,39). The first kappa shape index (κ1) is 28.3. The molecule has 2 amide bonds. The fourth-order valence-corrected chi connectivity index (χ4v) is 4.99. The first-order valence-corrected chi connectivity index (χ1v) is 13.1. The predicted octanol–water partition coefficient (Wildman–Crippen LogP) is 2.05. The largest absolute Gasteiger partial charge is 0.497 e. The van der Waals surface area contributed by atoms with Crippen molar-refractivity contribution in [2.75, 3.05) is 44.7 Å². The summed E-state index contributed by atoms with van der Waals surface area (Å²) in [5.74, 6) is -2.69. The maximum absolute atomic E-state index is 15.1. The van der Waals surface area contributed by atoms with Crippen molar-refractivity contribution in [2.24, 2.45) is 0 Å². The minimum atomic E-state index is -1.38. The molecule has 13 heteroatoms. The van der Waals surface area contributed by atoms with Crippen LogP contribution < -0.4 is 26.0 Å². The molecule has 2 aromatic heterocycles. The van der Waals surface area contributed by atoms with Crippen molar-refractivity contribution in [2.45, 2.75) is 13.5 Å². The molecular formula is C29H27FN4O8. The van der Waals surface area contributed by atoms with E-state index in [1.807, 2.05) is 0 Å². The Morgan fingerprint density at radius 2 is 1.79 bits per heavy atom. The van der Waals surface area contributed by atoms with E-state index in [2.05, 4.69) is 5.32 Å². The highest BCUT2D eigenvalue weighted by Crippen LogP contribution is 2.26. The molecule has 0 saturated carbocycles. The van der Waals surface area contributed by atoms with Gasteiger partial charge in [-0.1, -0.05) is 0 Å². The Kier molecular flexibility index (Phi) is 7.66. The van der Waals surface area contributed by atoms with Gasteiger partial charge in [0.25, 0.3) is 5.91 Å². The van der Waals surface area contributed by atoms with E-state index in [1.165, 1.54) is 36.4 Å². The molecule has 1 aliphatic rings. The van der Waals surface area contributed by atoms with Crippen LogP contribution in [-0.2, 0) is 11.3 Å². The number of piperazine rings is 1. The van der Waals surface area contributed by atoms with E-state index < -0.39 is 34.3 Å². The van der Waals surface area contributed by atoms with Crippen molar-refractivity contribution in [3.8, 4) is 5.75 Å². The average molecular weight is 579 g/mol. The number of methoxy groups -OCH3 is 1. The van der Waals surface area contributed by atoms with Gasteiger partial charge in [0.1, 0.15) is 28.3 Å². The van der Waals surface area contributed by atoms with Crippen LogP contribution in [0.25, 0.3) is 21.9 Å². The molecule has 0 atom stereocenters. The highest BCUT2D eigenvalue weighted by molar-refractivity contribution is 5.98. The maximum atomic E-state index is 15.1. The molecule has 0 radical (unpaired) electrons. The number of fused-ring (bicyclic) bond motifs is 2. The van der Waals surface area contributed by atoms with E-state index in [0.29, 0.717) is 23.2 Å². The fraction of sp³-hybridized carbons (Fsp3) is 0.276. The number of halogens is 1. The number of ether oxygens (including phenoxy) is 1. The third kappa shape index (κ3) is 5.28. The number of aryl methyl sites for hydroxylation is 1. The van der Waals surface area contributed by atoms with Gasteiger partial charge in [0, 0.05) is 55.8 Å². The molecule has 12 nitrogen and oxygen atoms in total. The molecule has 1 saturated heterocycles. The summed E-state index contributed by atoms with van der Waals surface area (Å²) < 4.78 is 27.1. The van der Waals surface area contributed by atoms with Gasteiger partial charge in [0.05, 0.1) is 24.9 Å². The minimum Gasteiger partial charge on any atom is -0.497 e. The van der Waals surface area contributed by atoms with Gasteiger partial charge in [-0.15, -0.1) is 0 Å². The van der Waals surface area contributed by atoms with Crippen LogP contribution in [0.15, 0.2) is 56.6 Å². The molecule has 42 heavy (non-hydrogen) atoms. The molecule has 3 heterocycles. The summed E-state index contributed by atoms with van der Waals surface area (Å²) in [5.41, 5.74) is -1.38. The number of rotatable bonds is 7. The number of aromatic carboxylic acids is 1. The normalized spacial score (nSPS) is 13.4. The van der Waals surface area contributed by atoms with Crippen LogP contribution in [0, 0.1) is 5.82 Å². The number of nitrogens with one attached hydrogen (secondary N) is 1. The van der Waals surface area contributed by atoms with Crippen molar-refractivity contribution in [1.82, 2.24) is 14.8 Å². The minimum absolute atomic E-state index is 0.0252. The number of aromatic nitrogens is 1. The lowest BCUT2D eigenvalue weighted by Gasteiger charge is -2.36. The first-order chi connectivity index (χ1) is 20.1. The summed E-state index contributed by atoms with van der Waals surface area (Å²) in [6, 6.07) is 8.80. The number of hydrogen-bond acceptors (Lipinski definition) is 8. The summed E-state index contributed by atoms with van der Waals surface area (Å²) >= 11 is 0. The molecule has 0 spiro atoms. The highest BCUT2D eigenvalue weighted by Gasteiger charge is 2.25. The lowest BCUT2D eigenvalue weighted by Crippen LogP contribution is -2.51. The Labute approximate surface area is 237 Å². The lowest BCUT2D eigenvalue weighted by molar-refractivity contribution is -0.130. The SMILES string of the molecule is CCn1cc(C(=O)O)c(=O)c2cc(F)c(N3CCN(C(=O)CNC(=O)c4cc5ccc(OC)cc5oc4=O)CC3)cc21. The molecule has 2 aromatic carbocycles. The van der Waals surface area contributed by atoms with Crippen LogP contribution in [0.4, 0.5) is 10.1 Å². The van der Waals surface area contributed by atoms with Crippen LogP contribution in [0.2, 0.25) is 0 Å². The van der Waals surface area contributed by atoms with Crippen molar-refractivity contribution in [1.29, 1.82) is 0 Å². The molecule has 0 aliphatic carbocycles. The van der Waals surface area contributed by atoms with E-state index in [-0.39, 0.29) is 60.9 Å². The summed E-state index contributed by atoms with van der Waals surface area (Å²) in [6.07, 6.45) is 1.25. The molecule has 1 aliphatic heterocycles. The molecule has 1 fully saturated rings. The number of amides is 2. The van der Waals surface area contributed by atoms with Crippen molar-refractivity contribution < 1.29 is 33.0 Å². The molecular weight excluding hydrogens is 551 g/mol. The summed E-state index contributed by atoms with van der Waals surface area (Å²) in [5, 5.41) is 12.3.